The number of rotatable bonds is 14. The van der Waals surface area contributed by atoms with E-state index in [0.717, 1.165) is 6.42 Å². The second-order valence-corrected chi connectivity index (χ2v) is 11.7. The third kappa shape index (κ3) is 7.22. The topological polar surface area (TPSA) is 9.23 Å². The first-order valence-corrected chi connectivity index (χ1v) is 13.9. The van der Waals surface area contributed by atoms with E-state index in [0.29, 0.717) is 6.10 Å². The normalized spacial score (nSPS) is 12.8. The van der Waals surface area contributed by atoms with Gasteiger partial charge in [-0.3, -0.25) is 0 Å². The van der Waals surface area contributed by atoms with Gasteiger partial charge in [0.2, 0.25) is 0 Å². The third-order valence-electron chi connectivity index (χ3n) is 5.79. The summed E-state index contributed by atoms with van der Waals surface area (Å²) < 4.78 is 7.03. The lowest BCUT2D eigenvalue weighted by molar-refractivity contribution is 0.173. The highest BCUT2D eigenvalue weighted by molar-refractivity contribution is 6.96. The van der Waals surface area contributed by atoms with Gasteiger partial charge >= 0.3 is 0 Å². The Kier molecular flexibility index (Phi) is 10.6. The van der Waals surface area contributed by atoms with Gasteiger partial charge in [-0.25, -0.2) is 0 Å². The summed E-state index contributed by atoms with van der Waals surface area (Å²) in [4.78, 5) is 0. The lowest BCUT2D eigenvalue weighted by atomic mass is 10.0. The molecule has 1 atom stereocenters. The van der Waals surface area contributed by atoms with E-state index in [9.17, 15) is 0 Å². The summed E-state index contributed by atoms with van der Waals surface area (Å²) >= 11 is 0. The fourth-order valence-electron chi connectivity index (χ4n) is 4.06. The number of hydrogen-bond donors (Lipinski definition) is 0. The summed E-state index contributed by atoms with van der Waals surface area (Å²) in [5.74, 6) is 0. The van der Waals surface area contributed by atoms with Crippen LogP contribution in [0.2, 0.25) is 6.55 Å². The summed E-state index contributed by atoms with van der Waals surface area (Å²) in [6.07, 6.45) is 13.5. The van der Waals surface area contributed by atoms with Crippen LogP contribution >= 0.6 is 0 Å². The zero-order chi connectivity index (χ0) is 20.1. The molecule has 154 valence electrons. The standard InChI is InChI=1S/C26H40OSi/c1-4-6-7-8-9-10-13-19-24(18-5-2)27-28(3,25-20-14-11-15-21-25)26-22-16-12-17-23-26/h11-12,14-17,20-24H,4-10,13,18-19H2,1-3H3. The molecule has 1 nitrogen and oxygen atoms in total. The molecule has 0 radical (unpaired) electrons. The van der Waals surface area contributed by atoms with E-state index in [2.05, 4.69) is 81.1 Å². The van der Waals surface area contributed by atoms with Gasteiger partial charge in [-0.2, -0.15) is 0 Å². The smallest absolute Gasteiger partial charge is 0.253 e. The zero-order valence-electron chi connectivity index (χ0n) is 18.3. The first-order chi connectivity index (χ1) is 13.7. The highest BCUT2D eigenvalue weighted by atomic mass is 28.4. The molecular formula is C26H40OSi. The van der Waals surface area contributed by atoms with Crippen LogP contribution in [0.3, 0.4) is 0 Å². The van der Waals surface area contributed by atoms with Crippen LogP contribution in [-0.4, -0.2) is 14.4 Å². The number of hydrogen-bond acceptors (Lipinski definition) is 1. The average Bonchev–Trinajstić information content (AvgIpc) is 2.74. The van der Waals surface area contributed by atoms with E-state index < -0.39 is 8.32 Å². The Hall–Kier alpha value is -1.38. The lowest BCUT2D eigenvalue weighted by Gasteiger charge is -2.33. The van der Waals surface area contributed by atoms with Crippen LogP contribution in [0.1, 0.15) is 78.1 Å². The van der Waals surface area contributed by atoms with Crippen molar-refractivity contribution in [2.75, 3.05) is 0 Å². The van der Waals surface area contributed by atoms with Gasteiger partial charge in [-0.05, 0) is 29.8 Å². The highest BCUT2D eigenvalue weighted by Crippen LogP contribution is 2.19. The van der Waals surface area contributed by atoms with Crippen molar-refractivity contribution < 1.29 is 4.43 Å². The maximum atomic E-state index is 7.03. The Morgan fingerprint density at radius 3 is 1.64 bits per heavy atom. The van der Waals surface area contributed by atoms with Gasteiger partial charge in [0.25, 0.3) is 8.32 Å². The van der Waals surface area contributed by atoms with Crippen molar-refractivity contribution in [2.45, 2.75) is 90.7 Å². The fourth-order valence-corrected chi connectivity index (χ4v) is 7.23. The van der Waals surface area contributed by atoms with E-state index >= 15 is 0 Å². The molecule has 0 fully saturated rings. The quantitative estimate of drug-likeness (QED) is 0.255. The Morgan fingerprint density at radius 1 is 0.643 bits per heavy atom. The van der Waals surface area contributed by atoms with E-state index in [4.69, 9.17) is 4.43 Å². The van der Waals surface area contributed by atoms with Crippen molar-refractivity contribution in [1.29, 1.82) is 0 Å². The number of unbranched alkanes of at least 4 members (excludes halogenated alkanes) is 6. The minimum atomic E-state index is -2.19. The van der Waals surface area contributed by atoms with Crippen LogP contribution < -0.4 is 10.4 Å². The fraction of sp³-hybridized carbons (Fsp3) is 0.538. The molecule has 0 aliphatic heterocycles. The Balaban J connectivity index is 2.03. The van der Waals surface area contributed by atoms with Crippen molar-refractivity contribution >= 4 is 18.7 Å². The maximum absolute atomic E-state index is 7.03. The molecule has 1 unspecified atom stereocenters. The van der Waals surface area contributed by atoms with Crippen molar-refractivity contribution in [3.8, 4) is 0 Å². The van der Waals surface area contributed by atoms with E-state index in [1.165, 1.54) is 68.2 Å². The van der Waals surface area contributed by atoms with Crippen LogP contribution in [-0.2, 0) is 4.43 Å². The summed E-state index contributed by atoms with van der Waals surface area (Å²) in [5, 5.41) is 2.75. The molecule has 2 rings (SSSR count). The Morgan fingerprint density at radius 2 is 1.14 bits per heavy atom. The molecule has 0 saturated heterocycles. The zero-order valence-corrected chi connectivity index (χ0v) is 19.3. The summed E-state index contributed by atoms with van der Waals surface area (Å²) in [6.45, 7) is 6.95. The summed E-state index contributed by atoms with van der Waals surface area (Å²) in [7, 11) is -2.19. The molecule has 28 heavy (non-hydrogen) atoms. The van der Waals surface area contributed by atoms with Crippen molar-refractivity contribution in [2.24, 2.45) is 0 Å². The van der Waals surface area contributed by atoms with Crippen LogP contribution in [0.4, 0.5) is 0 Å². The van der Waals surface area contributed by atoms with Crippen LogP contribution in [0.25, 0.3) is 0 Å². The average molecular weight is 397 g/mol. The molecule has 0 aliphatic carbocycles. The molecule has 2 aromatic carbocycles. The van der Waals surface area contributed by atoms with Gasteiger partial charge in [0.1, 0.15) is 0 Å². The molecule has 0 bridgehead atoms. The SMILES string of the molecule is CCCCCCCCCC(CCC)O[Si](C)(c1ccccc1)c1ccccc1. The monoisotopic (exact) mass is 396 g/mol. The van der Waals surface area contributed by atoms with Gasteiger partial charge in [-0.15, -0.1) is 0 Å². The third-order valence-corrected chi connectivity index (χ3v) is 9.47. The summed E-state index contributed by atoms with van der Waals surface area (Å²) in [5.41, 5.74) is 0. The van der Waals surface area contributed by atoms with Gasteiger partial charge in [0.05, 0.1) is 0 Å². The molecule has 0 N–H and O–H groups in total. The summed E-state index contributed by atoms with van der Waals surface area (Å²) in [6, 6.07) is 21.8. The van der Waals surface area contributed by atoms with Gasteiger partial charge in [0, 0.05) is 6.10 Å². The van der Waals surface area contributed by atoms with Gasteiger partial charge in [-0.1, -0.05) is 126 Å². The highest BCUT2D eigenvalue weighted by Gasteiger charge is 2.36. The maximum Gasteiger partial charge on any atom is 0.253 e. The predicted molar refractivity (Wildman–Crippen MR) is 126 cm³/mol. The van der Waals surface area contributed by atoms with E-state index in [1.807, 2.05) is 0 Å². The first-order valence-electron chi connectivity index (χ1n) is 11.5. The molecule has 2 heteroatoms. The van der Waals surface area contributed by atoms with Crippen molar-refractivity contribution in [1.82, 2.24) is 0 Å². The van der Waals surface area contributed by atoms with Crippen LogP contribution in [0, 0.1) is 0 Å². The van der Waals surface area contributed by atoms with Crippen molar-refractivity contribution in [3.05, 3.63) is 60.7 Å². The Labute approximate surface area is 174 Å². The minimum absolute atomic E-state index is 0.373. The minimum Gasteiger partial charge on any atom is -0.405 e. The molecule has 2 aromatic rings. The molecule has 0 aromatic heterocycles. The van der Waals surface area contributed by atoms with E-state index in [1.54, 1.807) is 0 Å². The Bertz CT molecular complexity index is 586. The van der Waals surface area contributed by atoms with Crippen molar-refractivity contribution in [3.63, 3.8) is 0 Å². The van der Waals surface area contributed by atoms with Gasteiger partial charge < -0.3 is 4.43 Å². The van der Waals surface area contributed by atoms with Gasteiger partial charge in [0.15, 0.2) is 0 Å². The second kappa shape index (κ2) is 13.0. The lowest BCUT2D eigenvalue weighted by Crippen LogP contribution is -2.59. The molecular weight excluding hydrogens is 356 g/mol. The van der Waals surface area contributed by atoms with Crippen LogP contribution in [0.5, 0.6) is 0 Å². The molecule has 0 spiro atoms. The first kappa shape index (κ1) is 22.9. The second-order valence-electron chi connectivity index (χ2n) is 8.20. The van der Waals surface area contributed by atoms with Crippen LogP contribution in [0.15, 0.2) is 60.7 Å². The van der Waals surface area contributed by atoms with E-state index in [-0.39, 0.29) is 0 Å². The molecule has 0 aliphatic rings. The molecule has 0 saturated carbocycles. The largest absolute Gasteiger partial charge is 0.405 e. The number of benzene rings is 2. The predicted octanol–water partition coefficient (Wildman–Crippen LogP) is 6.70. The molecule has 0 amide bonds. The molecule has 0 heterocycles.